The van der Waals surface area contributed by atoms with Crippen LogP contribution in [0.4, 0.5) is 0 Å². The Bertz CT molecular complexity index is 1030. The molecule has 0 saturated carbocycles. The largest absolute Gasteiger partial charge is 0.321 e. The van der Waals surface area contributed by atoms with Crippen molar-refractivity contribution in [2.75, 3.05) is 0 Å². The maximum Gasteiger partial charge on any atom is 0.256 e. The first-order chi connectivity index (χ1) is 9.74. The highest BCUT2D eigenvalue weighted by Gasteiger charge is 2.08. The highest BCUT2D eigenvalue weighted by molar-refractivity contribution is 9.10. The van der Waals surface area contributed by atoms with Crippen molar-refractivity contribution < 1.29 is 0 Å². The number of fused-ring (bicyclic) bond motifs is 5. The van der Waals surface area contributed by atoms with E-state index >= 15 is 0 Å². The Morgan fingerprint density at radius 2 is 1.70 bits per heavy atom. The Labute approximate surface area is 123 Å². The summed E-state index contributed by atoms with van der Waals surface area (Å²) in [5, 5.41) is 5.06. The van der Waals surface area contributed by atoms with Gasteiger partial charge in [-0.25, -0.2) is 0 Å². The topological polar surface area (TPSA) is 32.9 Å². The number of hydrogen-bond donors (Lipinski definition) is 1. The molecule has 0 aliphatic carbocycles. The molecule has 0 unspecified atom stereocenters. The van der Waals surface area contributed by atoms with Crippen molar-refractivity contribution in [2.45, 2.75) is 0 Å². The van der Waals surface area contributed by atoms with Gasteiger partial charge in [0, 0.05) is 26.1 Å². The number of rotatable bonds is 0. The average molecular weight is 324 g/mol. The van der Waals surface area contributed by atoms with Crippen LogP contribution in [0.2, 0.25) is 0 Å². The van der Waals surface area contributed by atoms with Crippen molar-refractivity contribution >= 4 is 48.4 Å². The van der Waals surface area contributed by atoms with Crippen LogP contribution in [-0.2, 0) is 0 Å². The summed E-state index contributed by atoms with van der Waals surface area (Å²) in [6, 6.07) is 18.0. The van der Waals surface area contributed by atoms with E-state index in [0.29, 0.717) is 0 Å². The molecule has 0 saturated heterocycles. The third kappa shape index (κ3) is 1.60. The van der Waals surface area contributed by atoms with E-state index in [9.17, 15) is 4.79 Å². The summed E-state index contributed by atoms with van der Waals surface area (Å²) in [6.45, 7) is 0. The van der Waals surface area contributed by atoms with Crippen LogP contribution >= 0.6 is 15.9 Å². The van der Waals surface area contributed by atoms with E-state index in [-0.39, 0.29) is 5.56 Å². The second kappa shape index (κ2) is 4.18. The Hall–Kier alpha value is -2.13. The van der Waals surface area contributed by atoms with Gasteiger partial charge in [-0.3, -0.25) is 4.79 Å². The molecule has 0 amide bonds. The van der Waals surface area contributed by atoms with Gasteiger partial charge in [-0.2, -0.15) is 0 Å². The molecule has 0 bridgehead atoms. The van der Waals surface area contributed by atoms with Crippen molar-refractivity contribution in [1.29, 1.82) is 0 Å². The van der Waals surface area contributed by atoms with Gasteiger partial charge in [0.05, 0.1) is 0 Å². The lowest BCUT2D eigenvalue weighted by Crippen LogP contribution is -2.06. The molecule has 0 radical (unpaired) electrons. The Balaban J connectivity index is 2.42. The SMILES string of the molecule is O=c1[nH]c2ccc(Br)cc2c2c1ccc1ccccc12. The maximum absolute atomic E-state index is 12.3. The van der Waals surface area contributed by atoms with E-state index in [1.807, 2.05) is 36.4 Å². The predicted octanol–water partition coefficient (Wildman–Crippen LogP) is 4.60. The highest BCUT2D eigenvalue weighted by atomic mass is 79.9. The van der Waals surface area contributed by atoms with Crippen LogP contribution < -0.4 is 5.56 Å². The van der Waals surface area contributed by atoms with Gasteiger partial charge in [-0.15, -0.1) is 0 Å². The molecule has 0 aliphatic heterocycles. The van der Waals surface area contributed by atoms with Gasteiger partial charge in [0.1, 0.15) is 0 Å². The molecule has 3 heteroatoms. The fraction of sp³-hybridized carbons (Fsp3) is 0. The van der Waals surface area contributed by atoms with Gasteiger partial charge in [0.15, 0.2) is 0 Å². The van der Waals surface area contributed by atoms with Crippen molar-refractivity contribution in [3.05, 3.63) is 69.4 Å². The molecule has 0 aliphatic rings. The first-order valence-electron chi connectivity index (χ1n) is 6.37. The van der Waals surface area contributed by atoms with Crippen LogP contribution in [-0.4, -0.2) is 4.98 Å². The molecule has 1 N–H and O–H groups in total. The smallest absolute Gasteiger partial charge is 0.256 e. The van der Waals surface area contributed by atoms with E-state index in [4.69, 9.17) is 0 Å². The Kier molecular flexibility index (Phi) is 2.44. The zero-order valence-electron chi connectivity index (χ0n) is 10.5. The molecular weight excluding hydrogens is 314 g/mol. The van der Waals surface area contributed by atoms with Crippen LogP contribution in [0.15, 0.2) is 63.9 Å². The van der Waals surface area contributed by atoms with Gasteiger partial charge in [-0.1, -0.05) is 46.3 Å². The molecule has 1 aromatic heterocycles. The number of halogens is 1. The van der Waals surface area contributed by atoms with E-state index in [0.717, 1.165) is 36.9 Å². The molecule has 20 heavy (non-hydrogen) atoms. The second-order valence-corrected chi connectivity index (χ2v) is 5.77. The van der Waals surface area contributed by atoms with Crippen molar-refractivity contribution in [3.63, 3.8) is 0 Å². The van der Waals surface area contributed by atoms with Gasteiger partial charge in [0.2, 0.25) is 0 Å². The molecule has 2 nitrogen and oxygen atoms in total. The lowest BCUT2D eigenvalue weighted by atomic mass is 9.99. The van der Waals surface area contributed by atoms with E-state index in [1.165, 1.54) is 0 Å². The maximum atomic E-state index is 12.3. The second-order valence-electron chi connectivity index (χ2n) is 4.85. The summed E-state index contributed by atoms with van der Waals surface area (Å²) < 4.78 is 1.01. The van der Waals surface area contributed by atoms with Crippen LogP contribution in [0.5, 0.6) is 0 Å². The quantitative estimate of drug-likeness (QED) is 0.471. The summed E-state index contributed by atoms with van der Waals surface area (Å²) >= 11 is 3.51. The zero-order chi connectivity index (χ0) is 13.7. The first kappa shape index (κ1) is 11.7. The van der Waals surface area contributed by atoms with Crippen LogP contribution in [0.3, 0.4) is 0 Å². The molecule has 4 aromatic rings. The molecule has 96 valence electrons. The summed E-state index contributed by atoms with van der Waals surface area (Å²) in [6.07, 6.45) is 0. The number of H-pyrrole nitrogens is 1. The fourth-order valence-electron chi connectivity index (χ4n) is 2.77. The van der Waals surface area contributed by atoms with Gasteiger partial charge < -0.3 is 4.98 Å². The molecule has 0 spiro atoms. The third-order valence-electron chi connectivity index (χ3n) is 3.67. The van der Waals surface area contributed by atoms with E-state index in [1.54, 1.807) is 0 Å². The molecular formula is C17H10BrNO. The lowest BCUT2D eigenvalue weighted by molar-refractivity contribution is 1.34. The fourth-order valence-corrected chi connectivity index (χ4v) is 3.13. The van der Waals surface area contributed by atoms with Crippen molar-refractivity contribution in [2.24, 2.45) is 0 Å². The number of aromatic nitrogens is 1. The molecule has 3 aromatic carbocycles. The van der Waals surface area contributed by atoms with Crippen LogP contribution in [0.1, 0.15) is 0 Å². The minimum Gasteiger partial charge on any atom is -0.321 e. The van der Waals surface area contributed by atoms with Gasteiger partial charge >= 0.3 is 0 Å². The van der Waals surface area contributed by atoms with Crippen molar-refractivity contribution in [1.82, 2.24) is 4.98 Å². The van der Waals surface area contributed by atoms with Crippen LogP contribution in [0, 0.1) is 0 Å². The molecule has 4 rings (SSSR count). The number of pyridine rings is 1. The summed E-state index contributed by atoms with van der Waals surface area (Å²) in [4.78, 5) is 15.2. The number of aromatic amines is 1. The van der Waals surface area contributed by atoms with E-state index in [2.05, 4.69) is 39.1 Å². The Morgan fingerprint density at radius 3 is 2.60 bits per heavy atom. The average Bonchev–Trinajstić information content (AvgIpc) is 2.47. The van der Waals surface area contributed by atoms with Crippen molar-refractivity contribution in [3.8, 4) is 0 Å². The van der Waals surface area contributed by atoms with Gasteiger partial charge in [0.25, 0.3) is 5.56 Å². The Morgan fingerprint density at radius 1 is 0.850 bits per heavy atom. The first-order valence-corrected chi connectivity index (χ1v) is 7.16. The highest BCUT2D eigenvalue weighted by Crippen LogP contribution is 2.30. The minimum atomic E-state index is -0.0411. The zero-order valence-corrected chi connectivity index (χ0v) is 12.1. The molecule has 1 heterocycles. The third-order valence-corrected chi connectivity index (χ3v) is 4.17. The van der Waals surface area contributed by atoms with E-state index < -0.39 is 0 Å². The number of hydrogen-bond acceptors (Lipinski definition) is 1. The summed E-state index contributed by atoms with van der Waals surface area (Å²) in [5.74, 6) is 0. The minimum absolute atomic E-state index is 0.0411. The normalized spacial score (nSPS) is 11.4. The standard InChI is InChI=1S/C17H10BrNO/c18-11-6-8-15-14(9-11)16-12-4-2-1-3-10(12)5-7-13(16)17(20)19-15/h1-9H,(H,19,20). The summed E-state index contributed by atoms with van der Waals surface area (Å²) in [5.41, 5.74) is 0.822. The van der Waals surface area contributed by atoms with Gasteiger partial charge in [-0.05, 0) is 35.0 Å². The molecule has 0 fully saturated rings. The monoisotopic (exact) mass is 323 g/mol. The van der Waals surface area contributed by atoms with Crippen LogP contribution in [0.25, 0.3) is 32.4 Å². The summed E-state index contributed by atoms with van der Waals surface area (Å²) in [7, 11) is 0. The number of nitrogens with one attached hydrogen (secondary N) is 1. The lowest BCUT2D eigenvalue weighted by Gasteiger charge is -2.07. The number of benzene rings is 3. The predicted molar refractivity (Wildman–Crippen MR) is 87.3 cm³/mol. The molecule has 0 atom stereocenters.